The van der Waals surface area contributed by atoms with E-state index in [-0.39, 0.29) is 209 Å². The van der Waals surface area contributed by atoms with Gasteiger partial charge in [-0.15, -0.1) is 15.3 Å². The number of nitriles is 3. The average Bonchev–Trinajstić information content (AvgIpc) is 1.53. The summed E-state index contributed by atoms with van der Waals surface area (Å²) >= 11 is 0. The number of H-pyrrole nitrogens is 2. The number of hydrogen-bond donors (Lipinski definition) is 6. The van der Waals surface area contributed by atoms with Gasteiger partial charge in [0.2, 0.25) is 0 Å². The van der Waals surface area contributed by atoms with Crippen molar-refractivity contribution < 1.29 is 43.5 Å². The molecular formula is C106H196N24O11. The van der Waals surface area contributed by atoms with Gasteiger partial charge in [0.05, 0.1) is 90.8 Å². The average molecular weight is 1980 g/mol. The Morgan fingerprint density at radius 1 is 0.362 bits per heavy atom. The predicted molar refractivity (Wildman–Crippen MR) is 582 cm³/mol. The summed E-state index contributed by atoms with van der Waals surface area (Å²) < 4.78 is 3.17. The van der Waals surface area contributed by atoms with Crippen LogP contribution in [0.25, 0.3) is 0 Å². The maximum atomic E-state index is 12.7. The van der Waals surface area contributed by atoms with Gasteiger partial charge in [0.1, 0.15) is 46.5 Å². The van der Waals surface area contributed by atoms with Crippen LogP contribution in [0, 0.1) is 87.3 Å². The van der Waals surface area contributed by atoms with Crippen LogP contribution in [0.1, 0.15) is 404 Å². The number of aliphatic hydroxyl groups is 1. The molecule has 0 bridgehead atoms. The molecule has 2 amide bonds. The van der Waals surface area contributed by atoms with Crippen LogP contribution in [0.4, 0.5) is 11.4 Å². The number of azo groups is 5. The van der Waals surface area contributed by atoms with E-state index < -0.39 is 75.0 Å². The molecule has 2 aromatic rings. The number of aryl methyl sites for hydroxylation is 2. The van der Waals surface area contributed by atoms with Crippen molar-refractivity contribution in [2.24, 2.45) is 106 Å². The summed E-state index contributed by atoms with van der Waals surface area (Å²) in [5, 5.41) is 101. The summed E-state index contributed by atoms with van der Waals surface area (Å²) in [4.78, 5) is 123. The van der Waals surface area contributed by atoms with Gasteiger partial charge in [0.25, 0.3) is 22.9 Å². The first-order valence-corrected chi connectivity index (χ1v) is 44.0. The number of aromatic nitrogens is 4. The molecule has 2 aromatic heterocycles. The molecule has 0 aromatic carbocycles. The highest BCUT2D eigenvalue weighted by Gasteiger charge is 2.50. The first-order chi connectivity index (χ1) is 58.3. The lowest BCUT2D eigenvalue weighted by Crippen LogP contribution is -2.45. The molecule has 6 unspecified atom stereocenters. The van der Waals surface area contributed by atoms with E-state index in [0.29, 0.717) is 33.8 Å². The Morgan fingerprint density at radius 2 is 0.645 bits per heavy atom. The van der Waals surface area contributed by atoms with Crippen molar-refractivity contribution in [1.29, 1.82) is 15.8 Å². The maximum absolute atomic E-state index is 12.7. The van der Waals surface area contributed by atoms with Gasteiger partial charge >= 0.3 is 0 Å². The minimum Gasteiger partial charge on any atom is -0.508 e. The number of amides is 2. The molecule has 0 radical (unpaired) electrons. The fourth-order valence-electron chi connectivity index (χ4n) is 12.2. The standard InChI is InChI=1S/3C16H23N3O2.3C12H22N4O.C12H21N3O2.10CH4/c3*1-9-10(8-17)13(20)11(15(2,3)4)14(21)12(9)18-19-16(5,6)7;3*1-8-9(13-15-11(2,3)4)10(17)16(14-8)12(5,6)7;1-11(2,3)9-8(16)7(10(17)13-9)14-15-12(4,5)6;;;;;;;;;;/h2*11,19H,1-7H3;11-12H,1-7H3;2*14H,1-7H3;9H,1-7H3;9,16H,1-6H3,(H,13,17);10*1H4/b18-12-;;;;;;;;;;;;;;;;. The number of rotatable bonds is 7. The normalized spacial score (nSPS) is 19.1. The SMILES string of the molecule is C.C.C.C.C.C.C.C.C.C.CC(C)(C)N=NC1=C(O)C(C(C)(C)C)NC1=O.CC1=C(C#N)C(=O)C(C(C)(C)C)C(=O)/C1=N\NC(C)(C)C.CC1=C(C#N)C(=O)C(C(C)(C)C)C(=O)C1=NNC(C)(C)C.CC1=C(C#N)C(=O)C(C(C)(C)C)C(=O)C1N=NC(C)(C)C.CC1=NN(C(C)(C)C)C(=O)C1N=NC(C)(C)C.Cc1[nH]n(C(C)(C)C)c(=O)c1N=NC(C)(C)C.Cc1[nH]n(C(C)(C)C)c(=O)c1N=NC(C)(C)C. The van der Waals surface area contributed by atoms with Crippen molar-refractivity contribution in [1.82, 2.24) is 40.7 Å². The van der Waals surface area contributed by atoms with Gasteiger partial charge in [-0.25, -0.2) is 14.4 Å². The van der Waals surface area contributed by atoms with E-state index in [1.165, 1.54) is 5.01 Å². The van der Waals surface area contributed by atoms with E-state index in [0.717, 1.165) is 11.4 Å². The van der Waals surface area contributed by atoms with Gasteiger partial charge in [-0.1, -0.05) is 157 Å². The van der Waals surface area contributed by atoms with E-state index in [2.05, 4.69) is 92.8 Å². The number of ketones is 6. The van der Waals surface area contributed by atoms with Crippen molar-refractivity contribution in [3.05, 3.63) is 77.0 Å². The molecule has 0 fully saturated rings. The van der Waals surface area contributed by atoms with Crippen LogP contribution in [-0.2, 0) is 49.4 Å². The number of nitrogens with zero attached hydrogens (tertiary/aromatic N) is 19. The first-order valence-electron chi connectivity index (χ1n) is 44.0. The predicted octanol–water partition coefficient (Wildman–Crippen LogP) is 25.8. The lowest BCUT2D eigenvalue weighted by molar-refractivity contribution is -0.137. The molecule has 5 aliphatic rings. The number of Topliss-reactive ketones (excluding diaryl/α,β-unsaturated/α-hetero) is 6. The monoisotopic (exact) mass is 1980 g/mol. The second kappa shape index (κ2) is 54.9. The van der Waals surface area contributed by atoms with Gasteiger partial charge in [0, 0.05) is 22.2 Å². The molecule has 0 saturated heterocycles. The van der Waals surface area contributed by atoms with Crippen LogP contribution in [0.5, 0.6) is 0 Å². The van der Waals surface area contributed by atoms with Crippen LogP contribution in [0.15, 0.2) is 121 Å². The fraction of sp³-hybridized carbons (Fsp3) is 0.736. The van der Waals surface area contributed by atoms with Gasteiger partial charge in [0.15, 0.2) is 63.9 Å². The lowest BCUT2D eigenvalue weighted by atomic mass is 9.68. The number of aliphatic hydroxyl groups excluding tert-OH is 1. The fourth-order valence-corrected chi connectivity index (χ4v) is 12.2. The second-order valence-corrected chi connectivity index (χ2v) is 47.7. The minimum absolute atomic E-state index is 0. The molecule has 0 saturated carbocycles. The third-order valence-electron chi connectivity index (χ3n) is 18.6. The molecule has 0 spiro atoms. The molecule has 4 heterocycles. The van der Waals surface area contributed by atoms with E-state index in [1.54, 1.807) is 30.1 Å². The zero-order valence-corrected chi connectivity index (χ0v) is 88.0. The highest BCUT2D eigenvalue weighted by Crippen LogP contribution is 2.40. The number of carbonyl (C=O) groups is 8. The number of nitrogens with one attached hydrogen (secondary N) is 5. The van der Waals surface area contributed by atoms with E-state index >= 15 is 0 Å². The Balaban J connectivity index is -0.000000176. The molecule has 3 aliphatic carbocycles. The van der Waals surface area contributed by atoms with Crippen molar-refractivity contribution in [2.75, 3.05) is 0 Å². The Hall–Kier alpha value is -11.2. The smallest absolute Gasteiger partial charge is 0.295 e. The molecule has 806 valence electrons. The number of hydrazone groups is 3. The van der Waals surface area contributed by atoms with Crippen LogP contribution < -0.4 is 27.3 Å². The van der Waals surface area contributed by atoms with E-state index in [9.17, 15) is 68.8 Å². The largest absolute Gasteiger partial charge is 0.508 e. The number of aromatic amines is 2. The molecule has 6 N–H and O–H groups in total. The van der Waals surface area contributed by atoms with Crippen LogP contribution >= 0.6 is 0 Å². The number of carbonyl (C=O) groups excluding carboxylic acids is 8. The third-order valence-corrected chi connectivity index (χ3v) is 18.6. The second-order valence-electron chi connectivity index (χ2n) is 47.7. The summed E-state index contributed by atoms with van der Waals surface area (Å²) in [6.07, 6.45) is 0. The minimum atomic E-state index is -0.864. The zero-order chi connectivity index (χ0) is 103. The third kappa shape index (κ3) is 44.9. The van der Waals surface area contributed by atoms with Crippen LogP contribution in [0.2, 0.25) is 0 Å². The molecule has 141 heavy (non-hydrogen) atoms. The summed E-state index contributed by atoms with van der Waals surface area (Å²) in [7, 11) is 0. The van der Waals surface area contributed by atoms with Gasteiger partial charge in [-0.05, 0) is 276 Å². The molecule has 2 aliphatic heterocycles. The van der Waals surface area contributed by atoms with Gasteiger partial charge < -0.3 is 21.3 Å². The van der Waals surface area contributed by atoms with Crippen LogP contribution in [0.3, 0.4) is 0 Å². The first kappa shape index (κ1) is 150. The Morgan fingerprint density at radius 3 is 0.879 bits per heavy atom. The van der Waals surface area contributed by atoms with E-state index in [4.69, 9.17) is 0 Å². The molecular weight excluding hydrogens is 1790 g/mol. The quantitative estimate of drug-likeness (QED) is 0.0852. The van der Waals surface area contributed by atoms with Crippen molar-refractivity contribution in [3.8, 4) is 18.2 Å². The maximum Gasteiger partial charge on any atom is 0.295 e. The zero-order valence-electron chi connectivity index (χ0n) is 88.0. The molecule has 35 nitrogen and oxygen atoms in total. The van der Waals surface area contributed by atoms with Crippen LogP contribution in [-0.4, -0.2) is 156 Å². The van der Waals surface area contributed by atoms with Crippen molar-refractivity contribution >= 4 is 75.0 Å². The molecule has 7 rings (SSSR count). The highest BCUT2D eigenvalue weighted by atomic mass is 16.3. The van der Waals surface area contributed by atoms with Gasteiger partial charge in [-0.2, -0.15) is 66.9 Å². The highest BCUT2D eigenvalue weighted by molar-refractivity contribution is 6.54. The van der Waals surface area contributed by atoms with E-state index in [1.807, 2.05) is 330 Å². The number of allylic oxidation sites excluding steroid dienone is 5. The Labute approximate surface area is 851 Å². The van der Waals surface area contributed by atoms with Crippen molar-refractivity contribution in [3.63, 3.8) is 0 Å². The van der Waals surface area contributed by atoms with Gasteiger partial charge in [-0.3, -0.25) is 58.1 Å². The summed E-state index contributed by atoms with van der Waals surface area (Å²) in [6, 6.07) is 3.99. The van der Waals surface area contributed by atoms with Crippen molar-refractivity contribution in [2.45, 2.75) is 480 Å². The number of hydrogen-bond acceptors (Lipinski definition) is 29. The summed E-state index contributed by atoms with van der Waals surface area (Å²) in [5.41, 5.74) is 5.16. The summed E-state index contributed by atoms with van der Waals surface area (Å²) in [5.74, 6) is -5.15. The molecule has 35 heteroatoms. The lowest BCUT2D eigenvalue weighted by Gasteiger charge is -2.33. The topological polar surface area (TPSA) is 504 Å². The Bertz CT molecular complexity index is 5060. The Kier molecular flexibility index (Phi) is 58.4. The molecule has 6 atom stereocenters. The summed E-state index contributed by atoms with van der Waals surface area (Å²) in [6.45, 7) is 90.4.